The van der Waals surface area contributed by atoms with Crippen LogP contribution in [0.3, 0.4) is 0 Å². The van der Waals surface area contributed by atoms with E-state index in [4.69, 9.17) is 0 Å². The lowest BCUT2D eigenvalue weighted by Crippen LogP contribution is -2.47. The van der Waals surface area contributed by atoms with E-state index in [0.717, 1.165) is 25.7 Å². The van der Waals surface area contributed by atoms with Crippen molar-refractivity contribution in [2.45, 2.75) is 57.6 Å². The Morgan fingerprint density at radius 1 is 1.26 bits per heavy atom. The van der Waals surface area contributed by atoms with Gasteiger partial charge in [0.05, 0.1) is 6.10 Å². The summed E-state index contributed by atoms with van der Waals surface area (Å²) in [4.78, 5) is 25.4. The molecule has 2 N–H and O–H groups in total. The molecule has 1 unspecified atom stereocenters. The monoisotopic (exact) mass is 268 g/mol. The van der Waals surface area contributed by atoms with E-state index >= 15 is 0 Å². The Morgan fingerprint density at radius 2 is 1.89 bits per heavy atom. The van der Waals surface area contributed by atoms with E-state index in [9.17, 15) is 14.7 Å². The summed E-state index contributed by atoms with van der Waals surface area (Å²) >= 11 is 0. The molecule has 1 saturated heterocycles. The van der Waals surface area contributed by atoms with E-state index in [2.05, 4.69) is 5.32 Å². The van der Waals surface area contributed by atoms with Crippen molar-refractivity contribution in [2.75, 3.05) is 13.1 Å². The van der Waals surface area contributed by atoms with Crippen molar-refractivity contribution >= 4 is 11.8 Å². The fraction of sp³-hybridized carbons (Fsp3) is 0.857. The number of nitrogens with zero attached hydrogens (tertiary/aromatic N) is 1. The van der Waals surface area contributed by atoms with Crippen molar-refractivity contribution in [3.63, 3.8) is 0 Å². The molecule has 2 fully saturated rings. The fourth-order valence-electron chi connectivity index (χ4n) is 2.43. The second-order valence-electron chi connectivity index (χ2n) is 5.83. The van der Waals surface area contributed by atoms with Crippen molar-refractivity contribution in [1.82, 2.24) is 10.2 Å². The molecule has 108 valence electrons. The number of aliphatic hydroxyl groups is 1. The Kier molecular flexibility index (Phi) is 4.80. The van der Waals surface area contributed by atoms with Crippen molar-refractivity contribution < 1.29 is 14.7 Å². The molecule has 2 aliphatic rings. The first-order valence-corrected chi connectivity index (χ1v) is 7.32. The van der Waals surface area contributed by atoms with Crippen LogP contribution in [-0.4, -0.2) is 47.1 Å². The van der Waals surface area contributed by atoms with Gasteiger partial charge in [-0.1, -0.05) is 0 Å². The van der Waals surface area contributed by atoms with Crippen LogP contribution in [0.5, 0.6) is 0 Å². The molecule has 2 amide bonds. The first kappa shape index (κ1) is 14.3. The minimum Gasteiger partial charge on any atom is -0.393 e. The third kappa shape index (κ3) is 4.49. The van der Waals surface area contributed by atoms with Gasteiger partial charge in [-0.3, -0.25) is 9.59 Å². The van der Waals surface area contributed by atoms with Crippen molar-refractivity contribution in [3.8, 4) is 0 Å². The number of carbonyl (C=O) groups excluding carboxylic acids is 2. The van der Waals surface area contributed by atoms with E-state index in [1.54, 1.807) is 6.92 Å². The molecule has 5 heteroatoms. The summed E-state index contributed by atoms with van der Waals surface area (Å²) in [7, 11) is 0. The second kappa shape index (κ2) is 6.37. The van der Waals surface area contributed by atoms with Crippen molar-refractivity contribution in [3.05, 3.63) is 0 Å². The summed E-state index contributed by atoms with van der Waals surface area (Å²) < 4.78 is 0. The topological polar surface area (TPSA) is 69.6 Å². The second-order valence-corrected chi connectivity index (χ2v) is 5.83. The van der Waals surface area contributed by atoms with Gasteiger partial charge in [-0.05, 0) is 39.0 Å². The molecular weight excluding hydrogens is 244 g/mol. The van der Waals surface area contributed by atoms with Crippen LogP contribution in [0, 0.1) is 5.92 Å². The molecule has 1 aliphatic carbocycles. The Balaban J connectivity index is 1.66. The maximum atomic E-state index is 11.9. The number of rotatable bonds is 5. The van der Waals surface area contributed by atoms with Crippen LogP contribution < -0.4 is 5.32 Å². The van der Waals surface area contributed by atoms with Gasteiger partial charge >= 0.3 is 0 Å². The summed E-state index contributed by atoms with van der Waals surface area (Å²) in [5.74, 6) is 0.567. The minimum absolute atomic E-state index is 0.118. The molecule has 1 heterocycles. The average Bonchev–Trinajstić information content (AvgIpc) is 3.21. The minimum atomic E-state index is -0.417. The third-order valence-corrected chi connectivity index (χ3v) is 3.92. The van der Waals surface area contributed by atoms with Gasteiger partial charge in [0.25, 0.3) is 0 Å². The van der Waals surface area contributed by atoms with Gasteiger partial charge in [0, 0.05) is 31.5 Å². The van der Waals surface area contributed by atoms with Gasteiger partial charge in [-0.2, -0.15) is 0 Å². The highest BCUT2D eigenvalue weighted by Crippen LogP contribution is 2.29. The van der Waals surface area contributed by atoms with E-state index in [1.807, 2.05) is 4.90 Å². The molecule has 2 rings (SSSR count). The van der Waals surface area contributed by atoms with Crippen molar-refractivity contribution in [2.24, 2.45) is 5.92 Å². The number of nitrogens with one attached hydrogen (secondary N) is 1. The van der Waals surface area contributed by atoms with Crippen LogP contribution in [-0.2, 0) is 9.59 Å². The molecule has 1 aliphatic heterocycles. The van der Waals surface area contributed by atoms with Crippen LogP contribution in [0.25, 0.3) is 0 Å². The van der Waals surface area contributed by atoms with Gasteiger partial charge in [-0.25, -0.2) is 0 Å². The molecule has 1 atom stereocenters. The summed E-state index contributed by atoms with van der Waals surface area (Å²) in [6.07, 6.45) is 4.27. The highest BCUT2D eigenvalue weighted by molar-refractivity contribution is 5.81. The molecule has 5 nitrogen and oxygen atoms in total. The fourth-order valence-corrected chi connectivity index (χ4v) is 2.43. The number of likely N-dealkylation sites (tertiary alicyclic amines) is 1. The Bertz CT molecular complexity index is 332. The zero-order chi connectivity index (χ0) is 13.8. The molecule has 19 heavy (non-hydrogen) atoms. The molecule has 0 aromatic carbocycles. The van der Waals surface area contributed by atoms with Gasteiger partial charge in [-0.15, -0.1) is 0 Å². The average molecular weight is 268 g/mol. The van der Waals surface area contributed by atoms with Gasteiger partial charge in [0.1, 0.15) is 0 Å². The predicted octanol–water partition coefficient (Wildman–Crippen LogP) is 0.665. The largest absolute Gasteiger partial charge is 0.393 e. The first-order valence-electron chi connectivity index (χ1n) is 7.32. The summed E-state index contributed by atoms with van der Waals surface area (Å²) in [6, 6.07) is 0.230. The van der Waals surface area contributed by atoms with E-state index in [0.29, 0.717) is 25.9 Å². The summed E-state index contributed by atoms with van der Waals surface area (Å²) in [6.45, 7) is 3.13. The van der Waals surface area contributed by atoms with Crippen LogP contribution in [0.4, 0.5) is 0 Å². The lowest BCUT2D eigenvalue weighted by atomic mass is 10.0. The maximum Gasteiger partial charge on any atom is 0.223 e. The SMILES string of the molecule is CC(O)CCC(=O)N1CCC(NC(=O)C2CC2)CC1. The molecular formula is C14H24N2O3. The Morgan fingerprint density at radius 3 is 2.42 bits per heavy atom. The van der Waals surface area contributed by atoms with Gasteiger partial charge in [0.2, 0.25) is 11.8 Å². The number of hydrogen-bond donors (Lipinski definition) is 2. The molecule has 1 saturated carbocycles. The standard InChI is InChI=1S/C14H24N2O3/c1-10(17)2-5-13(18)16-8-6-12(7-9-16)15-14(19)11-3-4-11/h10-12,17H,2-9H2,1H3,(H,15,19). The molecule has 0 radical (unpaired) electrons. The number of piperidine rings is 1. The summed E-state index contributed by atoms with van der Waals surface area (Å²) in [5, 5.41) is 12.3. The zero-order valence-electron chi connectivity index (χ0n) is 11.6. The lowest BCUT2D eigenvalue weighted by Gasteiger charge is -2.32. The lowest BCUT2D eigenvalue weighted by molar-refractivity contribution is -0.133. The van der Waals surface area contributed by atoms with Crippen LogP contribution in [0.15, 0.2) is 0 Å². The van der Waals surface area contributed by atoms with E-state index < -0.39 is 6.10 Å². The highest BCUT2D eigenvalue weighted by Gasteiger charge is 2.32. The van der Waals surface area contributed by atoms with Crippen molar-refractivity contribution in [1.29, 1.82) is 0 Å². The number of hydrogen-bond acceptors (Lipinski definition) is 3. The first-order chi connectivity index (χ1) is 9.06. The smallest absolute Gasteiger partial charge is 0.223 e. The zero-order valence-corrected chi connectivity index (χ0v) is 11.6. The van der Waals surface area contributed by atoms with Crippen LogP contribution >= 0.6 is 0 Å². The number of carbonyl (C=O) groups is 2. The Labute approximate surface area is 114 Å². The van der Waals surface area contributed by atoms with Crippen LogP contribution in [0.2, 0.25) is 0 Å². The number of aliphatic hydroxyl groups excluding tert-OH is 1. The molecule has 0 aromatic rings. The van der Waals surface area contributed by atoms with Gasteiger partial charge < -0.3 is 15.3 Å². The maximum absolute atomic E-state index is 11.9. The highest BCUT2D eigenvalue weighted by atomic mass is 16.3. The Hall–Kier alpha value is -1.10. The molecule has 0 aromatic heterocycles. The molecule has 0 spiro atoms. The van der Waals surface area contributed by atoms with Gasteiger partial charge in [0.15, 0.2) is 0 Å². The van der Waals surface area contributed by atoms with Crippen LogP contribution in [0.1, 0.15) is 45.4 Å². The van der Waals surface area contributed by atoms with E-state index in [-0.39, 0.29) is 23.8 Å². The normalized spacial score (nSPS) is 22.1. The summed E-state index contributed by atoms with van der Waals surface area (Å²) in [5.41, 5.74) is 0. The third-order valence-electron chi connectivity index (χ3n) is 3.92. The number of amides is 2. The van der Waals surface area contributed by atoms with E-state index in [1.165, 1.54) is 0 Å². The predicted molar refractivity (Wildman–Crippen MR) is 71.4 cm³/mol. The molecule has 0 bridgehead atoms. The quantitative estimate of drug-likeness (QED) is 0.770.